The van der Waals surface area contributed by atoms with Crippen molar-refractivity contribution in [2.75, 3.05) is 20.3 Å². The molecule has 0 aliphatic carbocycles. The average molecular weight is 252 g/mol. The van der Waals surface area contributed by atoms with Gasteiger partial charge in [-0.15, -0.1) is 0 Å². The number of hydrogen-bond donors (Lipinski definition) is 1. The Kier molecular flexibility index (Phi) is 4.09. The summed E-state index contributed by atoms with van der Waals surface area (Å²) in [7, 11) is 1.61. The van der Waals surface area contributed by atoms with E-state index in [1.807, 2.05) is 26.0 Å². The number of hydrogen-bond acceptors (Lipinski definition) is 4. The lowest BCUT2D eigenvalue weighted by atomic mass is 10.0. The highest BCUT2D eigenvalue weighted by molar-refractivity contribution is 5.49. The van der Waals surface area contributed by atoms with E-state index in [0.29, 0.717) is 12.4 Å². The molecule has 2 rings (SSSR count). The molecule has 100 valence electrons. The number of methoxy groups -OCH3 is 1. The first-order chi connectivity index (χ1) is 8.65. The van der Waals surface area contributed by atoms with Crippen LogP contribution in [-0.4, -0.2) is 31.5 Å². The number of benzene rings is 1. The zero-order chi connectivity index (χ0) is 13.1. The van der Waals surface area contributed by atoms with Crippen LogP contribution in [0.15, 0.2) is 12.1 Å². The Morgan fingerprint density at radius 2 is 2.28 bits per heavy atom. The van der Waals surface area contributed by atoms with Crippen molar-refractivity contribution in [3.63, 3.8) is 0 Å². The van der Waals surface area contributed by atoms with E-state index in [4.69, 9.17) is 14.2 Å². The second kappa shape index (κ2) is 5.59. The number of ether oxygens (including phenoxy) is 3. The standard InChI is InChI=1S/C14H20O4/c1-4-17-8-12(15)11-7-13-10(5-9(2)18-13)6-14(11)16-3/h6-7,9,12,15H,4-5,8H2,1-3H3. The summed E-state index contributed by atoms with van der Waals surface area (Å²) in [6, 6.07) is 3.81. The molecule has 18 heavy (non-hydrogen) atoms. The van der Waals surface area contributed by atoms with E-state index in [1.54, 1.807) is 7.11 Å². The summed E-state index contributed by atoms with van der Waals surface area (Å²) < 4.78 is 16.3. The first kappa shape index (κ1) is 13.2. The predicted octanol–water partition coefficient (Wildman–Crippen LogP) is 2.09. The minimum atomic E-state index is -0.690. The minimum Gasteiger partial charge on any atom is -0.496 e. The van der Waals surface area contributed by atoms with Crippen LogP contribution in [0.5, 0.6) is 11.5 Å². The molecule has 4 nitrogen and oxygen atoms in total. The number of fused-ring (bicyclic) bond motifs is 1. The van der Waals surface area contributed by atoms with Gasteiger partial charge < -0.3 is 19.3 Å². The molecule has 0 spiro atoms. The summed E-state index contributed by atoms with van der Waals surface area (Å²) >= 11 is 0. The van der Waals surface area contributed by atoms with Crippen molar-refractivity contribution < 1.29 is 19.3 Å². The van der Waals surface area contributed by atoms with Gasteiger partial charge >= 0.3 is 0 Å². The number of aliphatic hydroxyl groups excluding tert-OH is 1. The SMILES string of the molecule is CCOCC(O)c1cc2c(cc1OC)CC(C)O2. The van der Waals surface area contributed by atoms with Gasteiger partial charge in [-0.1, -0.05) is 0 Å². The van der Waals surface area contributed by atoms with Crippen LogP contribution in [0.1, 0.15) is 31.1 Å². The van der Waals surface area contributed by atoms with Gasteiger partial charge in [0.2, 0.25) is 0 Å². The summed E-state index contributed by atoms with van der Waals surface area (Å²) in [6.07, 6.45) is 0.377. The van der Waals surface area contributed by atoms with Crippen molar-refractivity contribution in [2.45, 2.75) is 32.5 Å². The van der Waals surface area contributed by atoms with Crippen molar-refractivity contribution in [1.82, 2.24) is 0 Å². The Hall–Kier alpha value is -1.26. The largest absolute Gasteiger partial charge is 0.496 e. The fourth-order valence-corrected chi connectivity index (χ4v) is 2.21. The summed E-state index contributed by atoms with van der Waals surface area (Å²) in [5.74, 6) is 1.53. The van der Waals surface area contributed by atoms with Gasteiger partial charge in [0.1, 0.15) is 23.7 Å². The highest BCUT2D eigenvalue weighted by atomic mass is 16.5. The predicted molar refractivity (Wildman–Crippen MR) is 68.2 cm³/mol. The molecule has 1 heterocycles. The van der Waals surface area contributed by atoms with Crippen LogP contribution in [-0.2, 0) is 11.2 Å². The average Bonchev–Trinajstić information content (AvgIpc) is 2.73. The molecular weight excluding hydrogens is 232 g/mol. The normalized spacial score (nSPS) is 19.2. The van der Waals surface area contributed by atoms with Crippen molar-refractivity contribution in [1.29, 1.82) is 0 Å². The fourth-order valence-electron chi connectivity index (χ4n) is 2.21. The first-order valence-electron chi connectivity index (χ1n) is 6.29. The Morgan fingerprint density at radius 1 is 1.50 bits per heavy atom. The lowest BCUT2D eigenvalue weighted by molar-refractivity contribution is 0.0406. The molecule has 1 aliphatic rings. The van der Waals surface area contributed by atoms with Crippen LogP contribution in [0.25, 0.3) is 0 Å². The van der Waals surface area contributed by atoms with E-state index < -0.39 is 6.10 Å². The molecule has 1 aromatic carbocycles. The van der Waals surface area contributed by atoms with Gasteiger partial charge in [0.05, 0.1) is 13.7 Å². The minimum absolute atomic E-state index is 0.184. The van der Waals surface area contributed by atoms with Gasteiger partial charge in [-0.2, -0.15) is 0 Å². The monoisotopic (exact) mass is 252 g/mol. The Morgan fingerprint density at radius 3 is 2.94 bits per heavy atom. The van der Waals surface area contributed by atoms with E-state index in [2.05, 4.69) is 0 Å². The third-order valence-corrected chi connectivity index (χ3v) is 3.09. The molecule has 0 saturated heterocycles. The van der Waals surface area contributed by atoms with Gasteiger partial charge in [-0.05, 0) is 26.0 Å². The van der Waals surface area contributed by atoms with Gasteiger partial charge in [0, 0.05) is 24.2 Å². The maximum Gasteiger partial charge on any atom is 0.125 e. The molecule has 0 radical (unpaired) electrons. The van der Waals surface area contributed by atoms with Gasteiger partial charge in [-0.25, -0.2) is 0 Å². The molecular formula is C14H20O4. The molecule has 0 fully saturated rings. The van der Waals surface area contributed by atoms with Gasteiger partial charge in [-0.3, -0.25) is 0 Å². The van der Waals surface area contributed by atoms with Crippen LogP contribution in [0.2, 0.25) is 0 Å². The Labute approximate surface area is 107 Å². The third-order valence-electron chi connectivity index (χ3n) is 3.09. The van der Waals surface area contributed by atoms with Crippen molar-refractivity contribution >= 4 is 0 Å². The molecule has 2 atom stereocenters. The van der Waals surface area contributed by atoms with Crippen LogP contribution < -0.4 is 9.47 Å². The molecule has 0 bridgehead atoms. The Bertz CT molecular complexity index is 417. The quantitative estimate of drug-likeness (QED) is 0.871. The van der Waals surface area contributed by atoms with Gasteiger partial charge in [0.15, 0.2) is 0 Å². The number of rotatable bonds is 5. The molecule has 0 saturated carbocycles. The lowest BCUT2D eigenvalue weighted by Crippen LogP contribution is -2.09. The number of aliphatic hydroxyl groups is 1. The maximum atomic E-state index is 10.1. The molecule has 0 amide bonds. The van der Waals surface area contributed by atoms with E-state index in [1.165, 1.54) is 0 Å². The zero-order valence-electron chi connectivity index (χ0n) is 11.1. The maximum absolute atomic E-state index is 10.1. The van der Waals surface area contributed by atoms with Crippen molar-refractivity contribution in [2.24, 2.45) is 0 Å². The van der Waals surface area contributed by atoms with E-state index in [9.17, 15) is 5.11 Å². The Balaban J connectivity index is 2.26. The lowest BCUT2D eigenvalue weighted by Gasteiger charge is -2.16. The van der Waals surface area contributed by atoms with E-state index >= 15 is 0 Å². The fraction of sp³-hybridized carbons (Fsp3) is 0.571. The van der Waals surface area contributed by atoms with Crippen LogP contribution >= 0.6 is 0 Å². The summed E-state index contributed by atoms with van der Waals surface area (Å²) in [4.78, 5) is 0. The second-order valence-corrected chi connectivity index (χ2v) is 4.51. The second-order valence-electron chi connectivity index (χ2n) is 4.51. The summed E-state index contributed by atoms with van der Waals surface area (Å²) in [5, 5.41) is 10.1. The topological polar surface area (TPSA) is 47.9 Å². The molecule has 1 N–H and O–H groups in total. The first-order valence-corrected chi connectivity index (χ1v) is 6.29. The van der Waals surface area contributed by atoms with Crippen molar-refractivity contribution in [3.05, 3.63) is 23.3 Å². The molecule has 1 aromatic rings. The smallest absolute Gasteiger partial charge is 0.125 e. The zero-order valence-corrected chi connectivity index (χ0v) is 11.1. The molecule has 1 aliphatic heterocycles. The molecule has 4 heteroatoms. The third kappa shape index (κ3) is 2.60. The van der Waals surface area contributed by atoms with Crippen molar-refractivity contribution in [3.8, 4) is 11.5 Å². The van der Waals surface area contributed by atoms with Crippen LogP contribution in [0, 0.1) is 0 Å². The van der Waals surface area contributed by atoms with E-state index in [-0.39, 0.29) is 12.7 Å². The highest BCUT2D eigenvalue weighted by Crippen LogP contribution is 2.37. The van der Waals surface area contributed by atoms with Crippen LogP contribution in [0.3, 0.4) is 0 Å². The van der Waals surface area contributed by atoms with Gasteiger partial charge in [0.25, 0.3) is 0 Å². The van der Waals surface area contributed by atoms with Crippen LogP contribution in [0.4, 0.5) is 0 Å². The molecule has 2 unspecified atom stereocenters. The molecule has 0 aromatic heterocycles. The van der Waals surface area contributed by atoms with E-state index in [0.717, 1.165) is 23.3 Å². The summed E-state index contributed by atoms with van der Waals surface area (Å²) in [5.41, 5.74) is 1.85. The highest BCUT2D eigenvalue weighted by Gasteiger charge is 2.24. The summed E-state index contributed by atoms with van der Waals surface area (Å²) in [6.45, 7) is 4.78.